The zero-order chi connectivity index (χ0) is 25.0. The minimum atomic E-state index is 0.149. The summed E-state index contributed by atoms with van der Waals surface area (Å²) in [6.45, 7) is 3.30. The van der Waals surface area contributed by atoms with Gasteiger partial charge in [-0.3, -0.25) is 9.78 Å². The molecule has 1 atom stereocenters. The highest BCUT2D eigenvalue weighted by molar-refractivity contribution is 5.99. The van der Waals surface area contributed by atoms with Crippen LogP contribution in [0.1, 0.15) is 53.2 Å². The van der Waals surface area contributed by atoms with E-state index < -0.39 is 0 Å². The lowest BCUT2D eigenvalue weighted by Crippen LogP contribution is -2.40. The topological polar surface area (TPSA) is 45.7 Å². The molecule has 2 aromatic carbocycles. The zero-order valence-corrected chi connectivity index (χ0v) is 21.1. The van der Waals surface area contributed by atoms with Crippen molar-refractivity contribution in [2.75, 3.05) is 24.5 Å². The van der Waals surface area contributed by atoms with Gasteiger partial charge in [-0.15, -0.1) is 0 Å². The molecule has 1 fully saturated rings. The molecule has 0 N–H and O–H groups in total. The number of benzene rings is 2. The van der Waals surface area contributed by atoms with Gasteiger partial charge in [-0.05, 0) is 72.7 Å². The van der Waals surface area contributed by atoms with Gasteiger partial charge < -0.3 is 14.5 Å². The van der Waals surface area contributed by atoms with E-state index in [1.54, 1.807) is 12.4 Å². The normalized spacial score (nSPS) is 19.9. The van der Waals surface area contributed by atoms with Crippen molar-refractivity contribution in [3.63, 3.8) is 0 Å². The smallest absolute Gasteiger partial charge is 0.255 e. The number of rotatable bonds is 7. The first-order chi connectivity index (χ1) is 18.3. The Morgan fingerprint density at radius 1 is 0.865 bits per heavy atom. The second-order valence-corrected chi connectivity index (χ2v) is 10.2. The van der Waals surface area contributed by atoms with Crippen molar-refractivity contribution in [3.05, 3.63) is 119 Å². The van der Waals surface area contributed by atoms with Crippen LogP contribution in [-0.4, -0.2) is 35.4 Å². The molecular weight excluding hydrogens is 458 g/mol. The summed E-state index contributed by atoms with van der Waals surface area (Å²) in [5, 5.41) is 0. The molecule has 5 nitrogen and oxygen atoms in total. The number of fused-ring (bicyclic) bond motifs is 1. The molecule has 2 aliphatic heterocycles. The highest BCUT2D eigenvalue weighted by Crippen LogP contribution is 2.43. The van der Waals surface area contributed by atoms with E-state index >= 15 is 0 Å². The predicted molar refractivity (Wildman–Crippen MR) is 146 cm³/mol. The molecule has 1 amide bonds. The van der Waals surface area contributed by atoms with E-state index in [0.717, 1.165) is 55.7 Å². The molecule has 3 heterocycles. The highest BCUT2D eigenvalue weighted by Gasteiger charge is 2.42. The van der Waals surface area contributed by atoms with Crippen molar-refractivity contribution < 1.29 is 9.53 Å². The van der Waals surface area contributed by atoms with Gasteiger partial charge in [-0.25, -0.2) is 0 Å². The molecule has 6 rings (SSSR count). The third-order valence-corrected chi connectivity index (χ3v) is 7.96. The van der Waals surface area contributed by atoms with Gasteiger partial charge in [0.25, 0.3) is 5.91 Å². The van der Waals surface area contributed by atoms with Gasteiger partial charge in [-0.1, -0.05) is 48.0 Å². The number of ether oxygens (including phenoxy) is 1. The van der Waals surface area contributed by atoms with Crippen molar-refractivity contribution in [1.82, 2.24) is 9.88 Å². The number of allylic oxidation sites excluding steroid dienone is 3. The van der Waals surface area contributed by atoms with Gasteiger partial charge in [-0.2, -0.15) is 0 Å². The van der Waals surface area contributed by atoms with Crippen LogP contribution >= 0.6 is 0 Å². The van der Waals surface area contributed by atoms with Gasteiger partial charge in [0.15, 0.2) is 0 Å². The van der Waals surface area contributed by atoms with Crippen molar-refractivity contribution >= 4 is 11.6 Å². The van der Waals surface area contributed by atoms with Gasteiger partial charge in [0.2, 0.25) is 0 Å². The van der Waals surface area contributed by atoms with E-state index in [2.05, 4.69) is 69.4 Å². The summed E-state index contributed by atoms with van der Waals surface area (Å²) in [4.78, 5) is 22.3. The number of carbonyl (C=O) groups excluding carboxylic acids is 1. The Hall–Kier alpha value is -3.86. The van der Waals surface area contributed by atoms with Crippen LogP contribution in [0.5, 0.6) is 0 Å². The summed E-state index contributed by atoms with van der Waals surface area (Å²) >= 11 is 0. The molecule has 1 aromatic heterocycles. The number of piperidine rings is 1. The lowest BCUT2D eigenvalue weighted by molar-refractivity contribution is 0.0667. The Balaban J connectivity index is 1.15. The third kappa shape index (κ3) is 5.04. The first kappa shape index (κ1) is 23.5. The van der Waals surface area contributed by atoms with E-state index in [1.807, 2.05) is 24.3 Å². The third-order valence-electron chi connectivity index (χ3n) is 7.96. The lowest BCUT2D eigenvalue weighted by Gasteiger charge is -2.39. The Morgan fingerprint density at radius 3 is 2.38 bits per heavy atom. The van der Waals surface area contributed by atoms with Crippen LogP contribution in [0.15, 0.2) is 103 Å². The Kier molecular flexibility index (Phi) is 6.76. The van der Waals surface area contributed by atoms with Crippen LogP contribution in [0.2, 0.25) is 0 Å². The Labute approximate surface area is 219 Å². The van der Waals surface area contributed by atoms with Crippen LogP contribution in [0.4, 0.5) is 5.69 Å². The molecule has 5 heteroatoms. The molecule has 188 valence electrons. The molecule has 0 bridgehead atoms. The molecule has 3 aliphatic rings. The zero-order valence-electron chi connectivity index (χ0n) is 21.1. The van der Waals surface area contributed by atoms with Gasteiger partial charge in [0.05, 0.1) is 11.8 Å². The molecule has 37 heavy (non-hydrogen) atoms. The summed E-state index contributed by atoms with van der Waals surface area (Å²) in [5.74, 6) is 1.64. The van der Waals surface area contributed by atoms with Crippen LogP contribution in [0.3, 0.4) is 0 Å². The fourth-order valence-corrected chi connectivity index (χ4v) is 5.98. The number of aromatic nitrogens is 1. The summed E-state index contributed by atoms with van der Waals surface area (Å²) in [5.41, 5.74) is 5.79. The second-order valence-electron chi connectivity index (χ2n) is 10.2. The van der Waals surface area contributed by atoms with E-state index in [9.17, 15) is 4.79 Å². The van der Waals surface area contributed by atoms with Crippen LogP contribution < -0.4 is 4.90 Å². The van der Waals surface area contributed by atoms with Crippen molar-refractivity contribution in [2.24, 2.45) is 5.92 Å². The molecule has 1 unspecified atom stereocenters. The quantitative estimate of drug-likeness (QED) is 0.388. The summed E-state index contributed by atoms with van der Waals surface area (Å²) < 4.78 is 6.03. The first-order valence-corrected chi connectivity index (χ1v) is 13.4. The van der Waals surface area contributed by atoms with Gasteiger partial charge in [0, 0.05) is 49.7 Å². The van der Waals surface area contributed by atoms with Crippen LogP contribution in [0.25, 0.3) is 0 Å². The van der Waals surface area contributed by atoms with E-state index in [1.165, 1.54) is 16.8 Å². The average molecular weight is 492 g/mol. The van der Waals surface area contributed by atoms with Gasteiger partial charge >= 0.3 is 0 Å². The number of carbonyl (C=O) groups is 1. The fraction of sp³-hybridized carbons (Fsp3) is 0.312. The molecule has 0 spiro atoms. The van der Waals surface area contributed by atoms with E-state index in [-0.39, 0.29) is 11.9 Å². The number of anilines is 1. The molecule has 0 radical (unpaired) electrons. The van der Waals surface area contributed by atoms with Crippen molar-refractivity contribution in [2.45, 2.75) is 38.3 Å². The first-order valence-electron chi connectivity index (χ1n) is 13.4. The second kappa shape index (κ2) is 10.6. The highest BCUT2D eigenvalue weighted by atomic mass is 16.5. The summed E-state index contributed by atoms with van der Waals surface area (Å²) in [6, 6.07) is 23.0. The van der Waals surface area contributed by atoms with E-state index in [0.29, 0.717) is 19.1 Å². The molecular formula is C32H33N3O2. The Morgan fingerprint density at radius 2 is 1.62 bits per heavy atom. The number of pyridine rings is 1. The largest absolute Gasteiger partial charge is 0.493 e. The maximum Gasteiger partial charge on any atom is 0.255 e. The minimum Gasteiger partial charge on any atom is -0.493 e. The maximum atomic E-state index is 13.6. The average Bonchev–Trinajstić information content (AvgIpc) is 3.25. The number of para-hydroxylation sites is 1. The SMILES string of the molecule is O=C1c2ccccc2C(C2CCN(c3ccccc3)CC2)N1CC1=CC=C(OCc2ccncc2)CC1. The minimum absolute atomic E-state index is 0.149. The molecule has 3 aromatic rings. The number of amides is 1. The molecule has 0 saturated carbocycles. The molecule has 1 aliphatic carbocycles. The molecule has 1 saturated heterocycles. The van der Waals surface area contributed by atoms with Crippen LogP contribution in [0, 0.1) is 5.92 Å². The number of hydrogen-bond donors (Lipinski definition) is 0. The number of nitrogens with zero attached hydrogens (tertiary/aromatic N) is 3. The van der Waals surface area contributed by atoms with E-state index in [4.69, 9.17) is 4.74 Å². The predicted octanol–water partition coefficient (Wildman–Crippen LogP) is 6.32. The maximum absolute atomic E-state index is 13.6. The summed E-state index contributed by atoms with van der Waals surface area (Å²) in [6.07, 6.45) is 11.8. The number of hydrogen-bond acceptors (Lipinski definition) is 4. The van der Waals surface area contributed by atoms with Gasteiger partial charge in [0.1, 0.15) is 6.61 Å². The summed E-state index contributed by atoms with van der Waals surface area (Å²) in [7, 11) is 0. The van der Waals surface area contributed by atoms with Crippen LogP contribution in [-0.2, 0) is 11.3 Å². The standard InChI is InChI=1S/C32H33N3O2/c36-32-30-9-5-4-8-29(30)31(26-16-20-34(21-17-26)27-6-2-1-3-7-27)35(32)22-24-10-12-28(13-11-24)37-23-25-14-18-33-19-15-25/h1-10,12,14-15,18-19,26,31H,11,13,16-17,20-23H2. The fourth-order valence-electron chi connectivity index (χ4n) is 5.98. The monoisotopic (exact) mass is 491 g/mol. The van der Waals surface area contributed by atoms with Crippen molar-refractivity contribution in [1.29, 1.82) is 0 Å². The Bertz CT molecular complexity index is 1290. The lowest BCUT2D eigenvalue weighted by atomic mass is 9.85. The van der Waals surface area contributed by atoms with Crippen molar-refractivity contribution in [3.8, 4) is 0 Å².